The van der Waals surface area contributed by atoms with Gasteiger partial charge in [-0.3, -0.25) is 0 Å². The summed E-state index contributed by atoms with van der Waals surface area (Å²) in [6, 6.07) is 27.6. The minimum absolute atomic E-state index is 0.501. The molecular formula is C36H39ClO7. The molecule has 1 aliphatic rings. The number of hydrogen-bond acceptors (Lipinski definition) is 7. The molecule has 1 saturated heterocycles. The fourth-order valence-electron chi connectivity index (χ4n) is 5.75. The molecular weight excluding hydrogens is 580 g/mol. The first kappa shape index (κ1) is 32.0. The first-order chi connectivity index (χ1) is 21.3. The SMILES string of the molecule is CCOc1ccc(Cc2cc(-c3cccc(Cl)c3Cc3cccc(OCC)c3)cc([C@@H]3O[C@H](CO)[C@@H](O)[C@H](O)[C@H]3O)c2)cc1. The van der Waals surface area contributed by atoms with Crippen molar-refractivity contribution >= 4 is 11.6 Å². The van der Waals surface area contributed by atoms with E-state index in [-0.39, 0.29) is 0 Å². The number of rotatable bonds is 11. The molecule has 4 N–H and O–H groups in total. The van der Waals surface area contributed by atoms with E-state index in [0.717, 1.165) is 44.9 Å². The monoisotopic (exact) mass is 618 g/mol. The first-order valence-electron chi connectivity index (χ1n) is 15.0. The molecule has 5 rings (SSSR count). The van der Waals surface area contributed by atoms with Crippen LogP contribution in [0, 0.1) is 0 Å². The van der Waals surface area contributed by atoms with Crippen LogP contribution in [0.5, 0.6) is 11.5 Å². The van der Waals surface area contributed by atoms with E-state index in [1.165, 1.54) is 0 Å². The fourth-order valence-corrected chi connectivity index (χ4v) is 5.99. The Bertz CT molecular complexity index is 1540. The second kappa shape index (κ2) is 14.6. The topological polar surface area (TPSA) is 109 Å². The molecule has 4 aromatic carbocycles. The molecule has 0 spiro atoms. The van der Waals surface area contributed by atoms with Gasteiger partial charge in [-0.15, -0.1) is 0 Å². The molecule has 0 bridgehead atoms. The standard InChI is InChI=1S/C36H39ClO7/c1-3-42-27-13-11-22(12-14-27)15-24-16-25(20-26(17-24)36-35(41)34(40)33(39)32(21-38)44-36)29-9-6-10-31(37)30(29)19-23-7-5-8-28(18-23)43-4-2/h5-14,16-18,20,32-36,38-41H,3-4,15,19,21H2,1-2H3/t32-,33-,34+,35-,36+/m1/s1. The lowest BCUT2D eigenvalue weighted by Gasteiger charge is -2.40. The number of hydrogen-bond donors (Lipinski definition) is 4. The highest BCUT2D eigenvalue weighted by Crippen LogP contribution is 2.38. The van der Waals surface area contributed by atoms with E-state index in [1.807, 2.05) is 92.7 Å². The molecule has 0 radical (unpaired) electrons. The van der Waals surface area contributed by atoms with E-state index >= 15 is 0 Å². The van der Waals surface area contributed by atoms with Gasteiger partial charge in [0.25, 0.3) is 0 Å². The van der Waals surface area contributed by atoms with Gasteiger partial charge in [0, 0.05) is 5.02 Å². The van der Waals surface area contributed by atoms with Crippen molar-refractivity contribution in [2.24, 2.45) is 0 Å². The highest BCUT2D eigenvalue weighted by atomic mass is 35.5. The van der Waals surface area contributed by atoms with Crippen LogP contribution < -0.4 is 9.47 Å². The quantitative estimate of drug-likeness (QED) is 0.176. The second-order valence-electron chi connectivity index (χ2n) is 11.0. The Morgan fingerprint density at radius 3 is 2.16 bits per heavy atom. The molecule has 5 atom stereocenters. The third kappa shape index (κ3) is 7.26. The Labute approximate surface area is 263 Å². The summed E-state index contributed by atoms with van der Waals surface area (Å²) >= 11 is 6.83. The van der Waals surface area contributed by atoms with Gasteiger partial charge in [0.2, 0.25) is 0 Å². The lowest BCUT2D eigenvalue weighted by atomic mass is 9.87. The van der Waals surface area contributed by atoms with Gasteiger partial charge < -0.3 is 34.6 Å². The summed E-state index contributed by atoms with van der Waals surface area (Å²) in [4.78, 5) is 0. The molecule has 0 aliphatic carbocycles. The zero-order chi connectivity index (χ0) is 31.2. The second-order valence-corrected chi connectivity index (χ2v) is 11.4. The predicted molar refractivity (Wildman–Crippen MR) is 170 cm³/mol. The minimum Gasteiger partial charge on any atom is -0.494 e. The maximum atomic E-state index is 11.0. The molecule has 1 heterocycles. The molecule has 232 valence electrons. The molecule has 0 unspecified atom stereocenters. The average Bonchev–Trinajstić information content (AvgIpc) is 3.02. The molecule has 44 heavy (non-hydrogen) atoms. The van der Waals surface area contributed by atoms with Crippen molar-refractivity contribution in [3.8, 4) is 22.6 Å². The number of benzene rings is 4. The number of ether oxygens (including phenoxy) is 3. The summed E-state index contributed by atoms with van der Waals surface area (Å²) in [5, 5.41) is 42.4. The Morgan fingerprint density at radius 2 is 1.43 bits per heavy atom. The number of aliphatic hydroxyl groups excluding tert-OH is 4. The van der Waals surface area contributed by atoms with Crippen LogP contribution in [0.1, 0.15) is 47.8 Å². The van der Waals surface area contributed by atoms with Crippen LogP contribution in [0.4, 0.5) is 0 Å². The van der Waals surface area contributed by atoms with E-state index in [9.17, 15) is 20.4 Å². The molecule has 7 nitrogen and oxygen atoms in total. The van der Waals surface area contributed by atoms with Crippen LogP contribution in [-0.4, -0.2) is 64.7 Å². The number of aliphatic hydroxyl groups is 4. The van der Waals surface area contributed by atoms with E-state index in [1.54, 1.807) is 0 Å². The van der Waals surface area contributed by atoms with E-state index in [2.05, 4.69) is 6.07 Å². The van der Waals surface area contributed by atoms with Crippen LogP contribution in [0.15, 0.2) is 84.9 Å². The van der Waals surface area contributed by atoms with Crippen LogP contribution in [0.25, 0.3) is 11.1 Å². The Hall–Kier alpha value is -3.43. The lowest BCUT2D eigenvalue weighted by molar-refractivity contribution is -0.231. The van der Waals surface area contributed by atoms with Crippen LogP contribution in [0.2, 0.25) is 5.02 Å². The summed E-state index contributed by atoms with van der Waals surface area (Å²) in [5.74, 6) is 1.59. The van der Waals surface area contributed by atoms with Gasteiger partial charge in [0.1, 0.15) is 42.0 Å². The third-order valence-electron chi connectivity index (χ3n) is 7.90. The largest absolute Gasteiger partial charge is 0.494 e. The maximum absolute atomic E-state index is 11.0. The van der Waals surface area contributed by atoms with Gasteiger partial charge in [-0.1, -0.05) is 60.1 Å². The molecule has 8 heteroatoms. The maximum Gasteiger partial charge on any atom is 0.119 e. The van der Waals surface area contributed by atoms with Gasteiger partial charge in [-0.25, -0.2) is 0 Å². The Kier molecular flexibility index (Phi) is 10.6. The van der Waals surface area contributed by atoms with Gasteiger partial charge in [0.15, 0.2) is 0 Å². The molecule has 0 aromatic heterocycles. The molecule has 1 fully saturated rings. The van der Waals surface area contributed by atoms with Gasteiger partial charge in [-0.05, 0) is 102 Å². The summed E-state index contributed by atoms with van der Waals surface area (Å²) in [6.07, 6.45) is -5.17. The smallest absolute Gasteiger partial charge is 0.119 e. The first-order valence-corrected chi connectivity index (χ1v) is 15.3. The van der Waals surface area contributed by atoms with Crippen molar-refractivity contribution in [2.75, 3.05) is 19.8 Å². The van der Waals surface area contributed by atoms with Crippen LogP contribution in [-0.2, 0) is 17.6 Å². The summed E-state index contributed by atoms with van der Waals surface area (Å²) in [5.41, 5.74) is 6.38. The van der Waals surface area contributed by atoms with Crippen molar-refractivity contribution in [2.45, 2.75) is 57.2 Å². The van der Waals surface area contributed by atoms with Gasteiger partial charge in [-0.2, -0.15) is 0 Å². The average molecular weight is 619 g/mol. The van der Waals surface area contributed by atoms with Crippen molar-refractivity contribution < 1.29 is 34.6 Å². The Morgan fingerprint density at radius 1 is 0.705 bits per heavy atom. The highest BCUT2D eigenvalue weighted by molar-refractivity contribution is 6.31. The van der Waals surface area contributed by atoms with Crippen molar-refractivity contribution in [3.05, 3.63) is 118 Å². The molecule has 0 saturated carbocycles. The normalized spacial score (nSPS) is 21.7. The van der Waals surface area contributed by atoms with E-state index in [4.69, 9.17) is 25.8 Å². The Balaban J connectivity index is 1.58. The van der Waals surface area contributed by atoms with Crippen molar-refractivity contribution in [3.63, 3.8) is 0 Å². The van der Waals surface area contributed by atoms with E-state index in [0.29, 0.717) is 36.6 Å². The summed E-state index contributed by atoms with van der Waals surface area (Å²) < 4.78 is 17.3. The van der Waals surface area contributed by atoms with Gasteiger partial charge in [0.05, 0.1) is 19.8 Å². The zero-order valence-corrected chi connectivity index (χ0v) is 25.7. The van der Waals surface area contributed by atoms with E-state index < -0.39 is 37.1 Å². The minimum atomic E-state index is -1.48. The molecule has 4 aromatic rings. The number of halogens is 1. The van der Waals surface area contributed by atoms with Crippen LogP contribution in [0.3, 0.4) is 0 Å². The molecule has 0 amide bonds. The van der Waals surface area contributed by atoms with Gasteiger partial charge >= 0.3 is 0 Å². The fraction of sp³-hybridized carbons (Fsp3) is 0.333. The summed E-state index contributed by atoms with van der Waals surface area (Å²) in [6.45, 7) is 4.55. The third-order valence-corrected chi connectivity index (χ3v) is 8.25. The highest BCUT2D eigenvalue weighted by Gasteiger charge is 2.44. The van der Waals surface area contributed by atoms with Crippen LogP contribution >= 0.6 is 11.6 Å². The predicted octanol–water partition coefficient (Wildman–Crippen LogP) is 5.50. The van der Waals surface area contributed by atoms with Crippen molar-refractivity contribution in [1.82, 2.24) is 0 Å². The molecule has 1 aliphatic heterocycles. The van der Waals surface area contributed by atoms with Crippen molar-refractivity contribution in [1.29, 1.82) is 0 Å². The zero-order valence-electron chi connectivity index (χ0n) is 24.9. The summed E-state index contributed by atoms with van der Waals surface area (Å²) in [7, 11) is 0. The lowest BCUT2D eigenvalue weighted by Crippen LogP contribution is -2.55.